The molecule has 0 atom stereocenters. The number of rotatable bonds is 3. The third-order valence-corrected chi connectivity index (χ3v) is 9.35. The van der Waals surface area contributed by atoms with Gasteiger partial charge < -0.3 is 0 Å². The monoisotopic (exact) mass is 571 g/mol. The van der Waals surface area contributed by atoms with Crippen molar-refractivity contribution in [1.29, 1.82) is 0 Å². The van der Waals surface area contributed by atoms with Crippen LogP contribution in [-0.4, -0.2) is 14.5 Å². The van der Waals surface area contributed by atoms with Gasteiger partial charge in [-0.25, -0.2) is 9.97 Å². The van der Waals surface area contributed by atoms with Crippen LogP contribution in [0.4, 0.5) is 0 Å². The van der Waals surface area contributed by atoms with Crippen molar-refractivity contribution in [1.82, 2.24) is 14.5 Å². The zero-order valence-electron chi connectivity index (χ0n) is 24.3. The number of aromatic nitrogens is 3. The van der Waals surface area contributed by atoms with E-state index in [1.165, 1.54) is 49.4 Å². The van der Waals surface area contributed by atoms with Crippen molar-refractivity contribution >= 4 is 43.4 Å². The maximum absolute atomic E-state index is 5.43. The summed E-state index contributed by atoms with van der Waals surface area (Å²) in [6.07, 6.45) is 0. The smallest absolute Gasteiger partial charge is 0.235 e. The predicted octanol–water partition coefficient (Wildman–Crippen LogP) is 10.9. The van der Waals surface area contributed by atoms with Crippen LogP contribution in [0, 0.1) is 0 Å². The van der Waals surface area contributed by atoms with Crippen molar-refractivity contribution in [3.05, 3.63) is 152 Å². The second-order valence-corrected chi connectivity index (χ2v) is 11.8. The summed E-state index contributed by atoms with van der Waals surface area (Å²) in [5.41, 5.74) is 11.4. The van der Waals surface area contributed by atoms with Gasteiger partial charge in [-0.2, -0.15) is 0 Å². The molecule has 0 saturated carbocycles. The maximum atomic E-state index is 5.43. The first-order valence-electron chi connectivity index (χ1n) is 15.4. The molecule has 45 heavy (non-hydrogen) atoms. The van der Waals surface area contributed by atoms with Gasteiger partial charge in [-0.05, 0) is 45.0 Å². The van der Waals surface area contributed by atoms with E-state index in [2.05, 4.69) is 156 Å². The van der Waals surface area contributed by atoms with Gasteiger partial charge in [0.05, 0.1) is 22.4 Å². The Morgan fingerprint density at radius 1 is 0.422 bits per heavy atom. The fourth-order valence-corrected chi connectivity index (χ4v) is 7.35. The Bertz CT molecular complexity index is 2620. The minimum atomic E-state index is 0.684. The van der Waals surface area contributed by atoms with Crippen LogP contribution in [0.5, 0.6) is 0 Å². The van der Waals surface area contributed by atoms with Gasteiger partial charge in [-0.3, -0.25) is 4.57 Å². The largest absolute Gasteiger partial charge is 0.277 e. The molecule has 0 N–H and O–H groups in total. The number of hydrogen-bond donors (Lipinski definition) is 0. The number of para-hydroxylation sites is 1. The zero-order chi connectivity index (χ0) is 29.5. The van der Waals surface area contributed by atoms with Gasteiger partial charge in [0, 0.05) is 32.8 Å². The summed E-state index contributed by atoms with van der Waals surface area (Å²) < 4.78 is 2.29. The minimum absolute atomic E-state index is 0.684. The molecule has 0 spiro atoms. The highest BCUT2D eigenvalue weighted by Gasteiger charge is 2.30. The average Bonchev–Trinajstić information content (AvgIpc) is 3.63. The summed E-state index contributed by atoms with van der Waals surface area (Å²) in [7, 11) is 0. The fraction of sp³-hybridized carbons (Fsp3) is 0. The first-order chi connectivity index (χ1) is 22.3. The molecular formula is C42H25N3. The van der Waals surface area contributed by atoms with Crippen LogP contribution < -0.4 is 0 Å². The van der Waals surface area contributed by atoms with Crippen molar-refractivity contribution in [2.75, 3.05) is 0 Å². The molecule has 3 heteroatoms. The molecule has 0 aliphatic heterocycles. The first-order valence-corrected chi connectivity index (χ1v) is 15.4. The van der Waals surface area contributed by atoms with Crippen LogP contribution in [0.1, 0.15) is 0 Å². The number of hydrogen-bond acceptors (Lipinski definition) is 2. The lowest BCUT2D eigenvalue weighted by molar-refractivity contribution is 0.994. The van der Waals surface area contributed by atoms with Gasteiger partial charge >= 0.3 is 0 Å². The standard InChI is InChI=1S/C42H25N3/c1-2-10-26(11-3-1)27-20-22-30(23-21-27)39-35-25-24-28-12-4-5-15-31(28)40(35)44-42(43-39)45-36-19-7-6-16-32(36)38-33-17-8-13-29-14-9-18-34(37(29)33)41(38)45/h1-25H. The Labute approximate surface area is 259 Å². The molecule has 0 amide bonds. The number of nitrogens with zero attached hydrogens (tertiary/aromatic N) is 3. The van der Waals surface area contributed by atoms with E-state index in [0.29, 0.717) is 5.95 Å². The highest BCUT2D eigenvalue weighted by molar-refractivity contribution is 6.22. The van der Waals surface area contributed by atoms with E-state index in [1.54, 1.807) is 0 Å². The van der Waals surface area contributed by atoms with Crippen LogP contribution in [0.25, 0.3) is 94.1 Å². The average molecular weight is 572 g/mol. The second kappa shape index (κ2) is 9.22. The van der Waals surface area contributed by atoms with E-state index in [1.807, 2.05) is 0 Å². The molecule has 0 fully saturated rings. The minimum Gasteiger partial charge on any atom is -0.277 e. The molecule has 208 valence electrons. The summed E-state index contributed by atoms with van der Waals surface area (Å²) in [6.45, 7) is 0. The van der Waals surface area contributed by atoms with E-state index in [-0.39, 0.29) is 0 Å². The summed E-state index contributed by atoms with van der Waals surface area (Å²) in [4.78, 5) is 10.8. The summed E-state index contributed by atoms with van der Waals surface area (Å²) in [5.74, 6) is 0.684. The summed E-state index contributed by atoms with van der Waals surface area (Å²) in [5, 5.41) is 7.10. The van der Waals surface area contributed by atoms with Crippen molar-refractivity contribution in [3.8, 4) is 50.7 Å². The highest BCUT2D eigenvalue weighted by atomic mass is 15.2. The van der Waals surface area contributed by atoms with Crippen molar-refractivity contribution in [3.63, 3.8) is 0 Å². The molecule has 2 heterocycles. The van der Waals surface area contributed by atoms with E-state index < -0.39 is 0 Å². The molecule has 0 unspecified atom stereocenters. The molecule has 3 nitrogen and oxygen atoms in total. The van der Waals surface area contributed by atoms with E-state index in [4.69, 9.17) is 9.97 Å². The van der Waals surface area contributed by atoms with Crippen molar-refractivity contribution in [2.45, 2.75) is 0 Å². The van der Waals surface area contributed by atoms with Gasteiger partial charge in [-0.1, -0.05) is 140 Å². The normalized spacial score (nSPS) is 12.0. The van der Waals surface area contributed by atoms with Crippen molar-refractivity contribution in [2.24, 2.45) is 0 Å². The molecule has 7 aromatic carbocycles. The SMILES string of the molecule is c1ccc(-c2ccc(-c3nc(-n4c5c(c6ccccc64)-c4cccc6cccc-5c46)nc4c3ccc3ccccc34)cc2)cc1. The summed E-state index contributed by atoms with van der Waals surface area (Å²) in [6, 6.07) is 54.1. The Kier molecular flexibility index (Phi) is 5.00. The van der Waals surface area contributed by atoms with Gasteiger partial charge in [0.15, 0.2) is 0 Å². The lowest BCUT2D eigenvalue weighted by atomic mass is 9.99. The third-order valence-electron chi connectivity index (χ3n) is 9.35. The second-order valence-electron chi connectivity index (χ2n) is 11.8. The van der Waals surface area contributed by atoms with Crippen LogP contribution >= 0.6 is 0 Å². The first kappa shape index (κ1) is 24.4. The van der Waals surface area contributed by atoms with Crippen LogP contribution in [-0.2, 0) is 0 Å². The Morgan fingerprint density at radius 2 is 1.09 bits per heavy atom. The molecule has 0 radical (unpaired) electrons. The van der Waals surface area contributed by atoms with E-state index in [9.17, 15) is 0 Å². The Morgan fingerprint density at radius 3 is 1.93 bits per heavy atom. The van der Waals surface area contributed by atoms with Gasteiger partial charge in [0.2, 0.25) is 5.95 Å². The molecular weight excluding hydrogens is 546 g/mol. The van der Waals surface area contributed by atoms with E-state index in [0.717, 1.165) is 38.8 Å². The topological polar surface area (TPSA) is 30.7 Å². The molecule has 10 rings (SSSR count). The van der Waals surface area contributed by atoms with Crippen LogP contribution in [0.3, 0.4) is 0 Å². The Balaban J connectivity index is 1.30. The Hall–Kier alpha value is -6.06. The predicted molar refractivity (Wildman–Crippen MR) is 187 cm³/mol. The zero-order valence-corrected chi connectivity index (χ0v) is 24.3. The third kappa shape index (κ3) is 3.46. The highest BCUT2D eigenvalue weighted by Crippen LogP contribution is 2.52. The van der Waals surface area contributed by atoms with Crippen LogP contribution in [0.2, 0.25) is 0 Å². The molecule has 1 aliphatic rings. The number of benzene rings is 7. The van der Waals surface area contributed by atoms with Crippen LogP contribution in [0.15, 0.2) is 152 Å². The fourth-order valence-electron chi connectivity index (χ4n) is 7.35. The molecule has 2 aromatic heterocycles. The number of fused-ring (bicyclic) bond motifs is 8. The quantitative estimate of drug-likeness (QED) is 0.198. The summed E-state index contributed by atoms with van der Waals surface area (Å²) >= 11 is 0. The van der Waals surface area contributed by atoms with Gasteiger partial charge in [0.1, 0.15) is 0 Å². The van der Waals surface area contributed by atoms with Gasteiger partial charge in [-0.15, -0.1) is 0 Å². The molecule has 1 aliphatic carbocycles. The van der Waals surface area contributed by atoms with E-state index >= 15 is 0 Å². The van der Waals surface area contributed by atoms with Crippen molar-refractivity contribution < 1.29 is 0 Å². The molecule has 9 aromatic rings. The molecule has 0 saturated heterocycles. The lowest BCUT2D eigenvalue weighted by Gasteiger charge is -2.15. The van der Waals surface area contributed by atoms with Gasteiger partial charge in [0.25, 0.3) is 0 Å². The lowest BCUT2D eigenvalue weighted by Crippen LogP contribution is -2.05. The molecule has 0 bridgehead atoms. The maximum Gasteiger partial charge on any atom is 0.235 e.